The second kappa shape index (κ2) is 11.5. The van der Waals surface area contributed by atoms with E-state index in [9.17, 15) is 27.6 Å². The number of carbonyl (C=O) groups is 4. The highest BCUT2D eigenvalue weighted by Crippen LogP contribution is 2.30. The molecule has 5 heterocycles. The summed E-state index contributed by atoms with van der Waals surface area (Å²) in [6, 6.07) is 8.27. The number of likely N-dealkylation sites (tertiary alicyclic amines) is 1. The number of amides is 4. The molecule has 5 aliphatic heterocycles. The molecule has 5 fully saturated rings. The van der Waals surface area contributed by atoms with Crippen LogP contribution in [0.2, 0.25) is 5.02 Å². The van der Waals surface area contributed by atoms with Gasteiger partial charge in [-0.05, 0) is 73.1 Å². The van der Waals surface area contributed by atoms with Crippen molar-refractivity contribution in [2.45, 2.75) is 61.5 Å². The SMILES string of the molecule is O=C1CC[C@H](C(=O)N2CC3CCC(C2)N(C(=O)CN2CCC[C@H](NS(=O)(=O)c4ccc5cc(Cl)ccc5c4)C2=O)C3)N1. The van der Waals surface area contributed by atoms with Crippen molar-refractivity contribution < 1.29 is 27.6 Å². The number of hydrogen-bond acceptors (Lipinski definition) is 6. The summed E-state index contributed by atoms with van der Waals surface area (Å²) in [7, 11) is -3.99. The van der Waals surface area contributed by atoms with E-state index in [4.69, 9.17) is 11.6 Å². The summed E-state index contributed by atoms with van der Waals surface area (Å²) in [5.74, 6) is -0.693. The minimum Gasteiger partial charge on any atom is -0.344 e. The van der Waals surface area contributed by atoms with Crippen LogP contribution >= 0.6 is 11.6 Å². The quantitative estimate of drug-likeness (QED) is 0.505. The molecular formula is C29H34ClN5O6S. The molecule has 224 valence electrons. The number of fused-ring (bicyclic) bond motifs is 5. The summed E-state index contributed by atoms with van der Waals surface area (Å²) >= 11 is 6.04. The van der Waals surface area contributed by atoms with Crippen LogP contribution in [0.5, 0.6) is 0 Å². The fraction of sp³-hybridized carbons (Fsp3) is 0.517. The molecule has 11 nitrogen and oxygen atoms in total. The zero-order chi connectivity index (χ0) is 29.6. The maximum Gasteiger partial charge on any atom is 0.245 e. The number of halogens is 1. The normalized spacial score (nSPS) is 26.5. The fourth-order valence-corrected chi connectivity index (χ4v) is 8.10. The number of carbonyl (C=O) groups excluding carboxylic acids is 4. The van der Waals surface area contributed by atoms with Gasteiger partial charge in [-0.25, -0.2) is 8.42 Å². The lowest BCUT2D eigenvalue weighted by Crippen LogP contribution is -2.56. The van der Waals surface area contributed by atoms with Gasteiger partial charge in [-0.15, -0.1) is 0 Å². The van der Waals surface area contributed by atoms with Gasteiger partial charge in [0.1, 0.15) is 12.1 Å². The molecular weight excluding hydrogens is 582 g/mol. The molecule has 5 saturated heterocycles. The van der Waals surface area contributed by atoms with Crippen LogP contribution in [0.25, 0.3) is 10.8 Å². The lowest BCUT2D eigenvalue weighted by atomic mass is 9.95. The van der Waals surface area contributed by atoms with Crippen molar-refractivity contribution in [2.24, 2.45) is 5.92 Å². The van der Waals surface area contributed by atoms with Gasteiger partial charge in [0.2, 0.25) is 33.7 Å². The molecule has 2 N–H and O–H groups in total. The monoisotopic (exact) mass is 615 g/mol. The fourth-order valence-electron chi connectivity index (χ4n) is 6.66. The molecule has 2 bridgehead atoms. The zero-order valence-corrected chi connectivity index (χ0v) is 24.7. The molecule has 0 saturated carbocycles. The summed E-state index contributed by atoms with van der Waals surface area (Å²) in [5, 5.41) is 4.82. The van der Waals surface area contributed by atoms with E-state index < -0.39 is 28.0 Å². The van der Waals surface area contributed by atoms with Crippen molar-refractivity contribution in [3.8, 4) is 0 Å². The Morgan fingerprint density at radius 3 is 2.55 bits per heavy atom. The molecule has 13 heteroatoms. The second-order valence-corrected chi connectivity index (χ2v) is 13.9. The number of nitrogens with zero attached hydrogens (tertiary/aromatic N) is 3. The van der Waals surface area contributed by atoms with Crippen molar-refractivity contribution in [3.05, 3.63) is 41.4 Å². The van der Waals surface area contributed by atoms with Crippen LogP contribution in [-0.2, 0) is 29.2 Å². The predicted octanol–water partition coefficient (Wildman–Crippen LogP) is 1.49. The first-order chi connectivity index (χ1) is 20.1. The van der Waals surface area contributed by atoms with Gasteiger partial charge in [0, 0.05) is 43.7 Å². The molecule has 42 heavy (non-hydrogen) atoms. The van der Waals surface area contributed by atoms with Crippen LogP contribution < -0.4 is 10.0 Å². The number of hydrogen-bond donors (Lipinski definition) is 2. The van der Waals surface area contributed by atoms with Gasteiger partial charge >= 0.3 is 0 Å². The Hall–Kier alpha value is -3.22. The van der Waals surface area contributed by atoms with Gasteiger partial charge in [0.25, 0.3) is 0 Å². The Morgan fingerprint density at radius 2 is 1.76 bits per heavy atom. The summed E-state index contributed by atoms with van der Waals surface area (Å²) in [6.45, 7) is 1.69. The zero-order valence-electron chi connectivity index (χ0n) is 23.1. The highest BCUT2D eigenvalue weighted by Gasteiger charge is 2.42. The lowest BCUT2D eigenvalue weighted by molar-refractivity contribution is -0.145. The summed E-state index contributed by atoms with van der Waals surface area (Å²) in [6.07, 6.45) is 3.41. The van der Waals surface area contributed by atoms with E-state index in [1.165, 1.54) is 11.0 Å². The first-order valence-electron chi connectivity index (χ1n) is 14.5. The Kier molecular flexibility index (Phi) is 7.88. The standard InChI is InChI=1S/C29H34ClN5O6S/c30-21-6-4-20-13-23(8-5-19(20)12-21)42(40,41)32-25-2-1-11-33(29(25)39)17-27(37)35-15-18-3-7-22(35)16-34(14-18)28(38)24-9-10-26(36)31-24/h4-6,8,12-13,18,22,24-25,32H,1-3,7,9-11,14-17H2,(H,31,36)/t18?,22?,24-,25+/m1/s1. The maximum atomic E-state index is 13.5. The van der Waals surface area contributed by atoms with Crippen LogP contribution in [0.4, 0.5) is 0 Å². The van der Waals surface area contributed by atoms with Crippen LogP contribution in [-0.4, -0.2) is 97.6 Å². The van der Waals surface area contributed by atoms with Crippen molar-refractivity contribution in [2.75, 3.05) is 32.7 Å². The molecule has 4 atom stereocenters. The van der Waals surface area contributed by atoms with Crippen molar-refractivity contribution in [1.82, 2.24) is 24.7 Å². The molecule has 0 aromatic heterocycles. The first-order valence-corrected chi connectivity index (χ1v) is 16.3. The molecule has 0 aliphatic carbocycles. The third kappa shape index (κ3) is 5.84. The Labute approximate surface area is 249 Å². The van der Waals surface area contributed by atoms with E-state index in [0.29, 0.717) is 62.3 Å². The van der Waals surface area contributed by atoms with Crippen LogP contribution in [0.3, 0.4) is 0 Å². The Balaban J connectivity index is 1.10. The van der Waals surface area contributed by atoms with Gasteiger partial charge in [-0.2, -0.15) is 4.72 Å². The summed E-state index contributed by atoms with van der Waals surface area (Å²) in [4.78, 5) is 56.7. The van der Waals surface area contributed by atoms with Crippen molar-refractivity contribution >= 4 is 56.0 Å². The Bertz CT molecular complexity index is 1550. The maximum absolute atomic E-state index is 13.5. The van der Waals surface area contributed by atoms with Gasteiger partial charge < -0.3 is 20.0 Å². The van der Waals surface area contributed by atoms with Crippen LogP contribution in [0, 0.1) is 5.92 Å². The minimum absolute atomic E-state index is 0.0511. The molecule has 2 unspecified atom stereocenters. The minimum atomic E-state index is -3.99. The number of sulfonamides is 1. The van der Waals surface area contributed by atoms with E-state index in [1.807, 2.05) is 0 Å². The van der Waals surface area contributed by atoms with E-state index in [2.05, 4.69) is 10.0 Å². The number of piperidine rings is 2. The topological polar surface area (TPSA) is 136 Å². The molecule has 5 aliphatic rings. The lowest BCUT2D eigenvalue weighted by Gasteiger charge is -2.38. The van der Waals surface area contributed by atoms with E-state index in [-0.39, 0.29) is 41.1 Å². The summed E-state index contributed by atoms with van der Waals surface area (Å²) < 4.78 is 29.0. The predicted molar refractivity (Wildman–Crippen MR) is 155 cm³/mol. The molecule has 4 amide bonds. The van der Waals surface area contributed by atoms with Crippen molar-refractivity contribution in [1.29, 1.82) is 0 Å². The Morgan fingerprint density at radius 1 is 0.976 bits per heavy atom. The van der Waals surface area contributed by atoms with Gasteiger partial charge in [0.15, 0.2) is 0 Å². The highest BCUT2D eigenvalue weighted by atomic mass is 35.5. The molecule has 0 spiro atoms. The molecule has 7 rings (SSSR count). The average Bonchev–Trinajstić information content (AvgIpc) is 3.18. The number of nitrogens with one attached hydrogen (secondary N) is 2. The highest BCUT2D eigenvalue weighted by molar-refractivity contribution is 7.89. The molecule has 0 radical (unpaired) electrons. The summed E-state index contributed by atoms with van der Waals surface area (Å²) in [5.41, 5.74) is 0. The van der Waals surface area contributed by atoms with Gasteiger partial charge in [-0.3, -0.25) is 19.2 Å². The molecule has 2 aromatic carbocycles. The van der Waals surface area contributed by atoms with Crippen molar-refractivity contribution in [3.63, 3.8) is 0 Å². The van der Waals surface area contributed by atoms with E-state index >= 15 is 0 Å². The largest absolute Gasteiger partial charge is 0.344 e. The second-order valence-electron chi connectivity index (χ2n) is 11.8. The van der Waals surface area contributed by atoms with Gasteiger partial charge in [-0.1, -0.05) is 23.7 Å². The third-order valence-corrected chi connectivity index (χ3v) is 10.6. The number of benzene rings is 2. The average molecular weight is 616 g/mol. The third-order valence-electron chi connectivity index (χ3n) is 8.88. The van der Waals surface area contributed by atoms with Gasteiger partial charge in [0.05, 0.1) is 11.4 Å². The number of rotatable bonds is 6. The first kappa shape index (κ1) is 28.9. The van der Waals surface area contributed by atoms with E-state index in [0.717, 1.165) is 18.2 Å². The van der Waals surface area contributed by atoms with Crippen LogP contribution in [0.1, 0.15) is 38.5 Å². The molecule has 2 aromatic rings. The smallest absolute Gasteiger partial charge is 0.245 e. The van der Waals surface area contributed by atoms with E-state index in [1.54, 1.807) is 40.1 Å². The van der Waals surface area contributed by atoms with Crippen LogP contribution in [0.15, 0.2) is 41.3 Å².